The Morgan fingerprint density at radius 1 is 1.36 bits per heavy atom. The number of likely N-dealkylation sites (N-methyl/N-ethyl adjacent to an activating group) is 1. The molecular weight excluding hydrogens is 297 g/mol. The molecule has 1 aliphatic heterocycles. The number of hydrogen-bond acceptors (Lipinski definition) is 3. The Morgan fingerprint density at radius 2 is 2.09 bits per heavy atom. The van der Waals surface area contributed by atoms with Crippen LogP contribution in [0.3, 0.4) is 0 Å². The molecule has 0 radical (unpaired) electrons. The molecular formula is C15H19F3N2O2. The van der Waals surface area contributed by atoms with Crippen molar-refractivity contribution in [3.8, 4) is 5.75 Å². The van der Waals surface area contributed by atoms with Crippen molar-refractivity contribution >= 4 is 5.91 Å². The SMILES string of the molecule is CN1CCCCC1C(=O)NCc1ccccc1OC(F)(F)F. The Morgan fingerprint density at radius 3 is 2.77 bits per heavy atom. The maximum Gasteiger partial charge on any atom is 0.573 e. The maximum atomic E-state index is 12.3. The van der Waals surface area contributed by atoms with E-state index in [0.29, 0.717) is 5.56 Å². The van der Waals surface area contributed by atoms with Crippen molar-refractivity contribution < 1.29 is 22.7 Å². The first-order valence-electron chi connectivity index (χ1n) is 7.18. The highest BCUT2D eigenvalue weighted by Crippen LogP contribution is 2.26. The van der Waals surface area contributed by atoms with Crippen molar-refractivity contribution in [2.45, 2.75) is 38.2 Å². The summed E-state index contributed by atoms with van der Waals surface area (Å²) in [5.74, 6) is -0.448. The first kappa shape index (κ1) is 16.6. The summed E-state index contributed by atoms with van der Waals surface area (Å²) in [6, 6.07) is 5.59. The number of benzene rings is 1. The topological polar surface area (TPSA) is 41.6 Å². The van der Waals surface area contributed by atoms with E-state index >= 15 is 0 Å². The van der Waals surface area contributed by atoms with E-state index in [1.54, 1.807) is 6.07 Å². The van der Waals surface area contributed by atoms with Crippen LogP contribution < -0.4 is 10.1 Å². The molecule has 0 spiro atoms. The molecule has 0 saturated carbocycles. The molecule has 0 aromatic heterocycles. The Labute approximate surface area is 127 Å². The molecule has 1 unspecified atom stereocenters. The number of halogens is 3. The minimum atomic E-state index is -4.75. The van der Waals surface area contributed by atoms with Crippen molar-refractivity contribution in [2.75, 3.05) is 13.6 Å². The second-order valence-electron chi connectivity index (χ2n) is 5.37. The van der Waals surface area contributed by atoms with Crippen molar-refractivity contribution in [1.29, 1.82) is 0 Å². The van der Waals surface area contributed by atoms with Crippen LogP contribution in [0.2, 0.25) is 0 Å². The van der Waals surface area contributed by atoms with Crippen LogP contribution in [0.1, 0.15) is 24.8 Å². The lowest BCUT2D eigenvalue weighted by molar-refractivity contribution is -0.274. The molecule has 1 N–H and O–H groups in total. The van der Waals surface area contributed by atoms with E-state index in [1.165, 1.54) is 18.2 Å². The summed E-state index contributed by atoms with van der Waals surface area (Å²) in [7, 11) is 1.88. The Bertz CT molecular complexity index is 520. The van der Waals surface area contributed by atoms with Gasteiger partial charge in [-0.3, -0.25) is 9.69 Å². The first-order valence-corrected chi connectivity index (χ1v) is 7.18. The van der Waals surface area contributed by atoms with Gasteiger partial charge in [0.15, 0.2) is 0 Å². The highest BCUT2D eigenvalue weighted by atomic mass is 19.4. The van der Waals surface area contributed by atoms with Gasteiger partial charge in [-0.25, -0.2) is 0 Å². The van der Waals surface area contributed by atoms with Crippen LogP contribution in [-0.4, -0.2) is 36.8 Å². The summed E-state index contributed by atoms with van der Waals surface area (Å²) in [6.07, 6.45) is -1.94. The highest BCUT2D eigenvalue weighted by Gasteiger charge is 2.32. The molecule has 1 fully saturated rings. The van der Waals surface area contributed by atoms with E-state index in [1.807, 2.05) is 11.9 Å². The molecule has 22 heavy (non-hydrogen) atoms. The fourth-order valence-corrected chi connectivity index (χ4v) is 2.58. The summed E-state index contributed by atoms with van der Waals surface area (Å²) in [5.41, 5.74) is 0.298. The van der Waals surface area contributed by atoms with Crippen molar-refractivity contribution in [3.63, 3.8) is 0 Å². The molecule has 1 heterocycles. The predicted octanol–water partition coefficient (Wildman–Crippen LogP) is 2.69. The highest BCUT2D eigenvalue weighted by molar-refractivity contribution is 5.81. The van der Waals surface area contributed by atoms with E-state index in [2.05, 4.69) is 10.1 Å². The first-order chi connectivity index (χ1) is 10.4. The van der Waals surface area contributed by atoms with Gasteiger partial charge >= 0.3 is 6.36 Å². The number of piperidine rings is 1. The summed E-state index contributed by atoms with van der Waals surface area (Å²) in [5, 5.41) is 2.70. The van der Waals surface area contributed by atoms with E-state index in [4.69, 9.17) is 0 Å². The second kappa shape index (κ2) is 7.00. The molecule has 122 valence electrons. The van der Waals surface area contributed by atoms with Gasteiger partial charge in [0.1, 0.15) is 5.75 Å². The maximum absolute atomic E-state index is 12.3. The summed E-state index contributed by atoms with van der Waals surface area (Å²) in [4.78, 5) is 14.1. The summed E-state index contributed by atoms with van der Waals surface area (Å²) < 4.78 is 41.0. The lowest BCUT2D eigenvalue weighted by atomic mass is 10.0. The number of nitrogens with one attached hydrogen (secondary N) is 1. The number of rotatable bonds is 4. The van der Waals surface area contributed by atoms with Gasteiger partial charge < -0.3 is 10.1 Å². The van der Waals surface area contributed by atoms with Gasteiger partial charge in [0, 0.05) is 12.1 Å². The molecule has 7 heteroatoms. The van der Waals surface area contributed by atoms with Crippen LogP contribution in [0.15, 0.2) is 24.3 Å². The van der Waals surface area contributed by atoms with Crippen LogP contribution in [0, 0.1) is 0 Å². The minimum absolute atomic E-state index is 0.00935. The summed E-state index contributed by atoms with van der Waals surface area (Å²) >= 11 is 0. The van der Waals surface area contributed by atoms with Gasteiger partial charge in [0.25, 0.3) is 0 Å². The normalized spacial score (nSPS) is 19.7. The summed E-state index contributed by atoms with van der Waals surface area (Å²) in [6.45, 7) is 0.862. The molecule has 1 aliphatic rings. The number of nitrogens with zero attached hydrogens (tertiary/aromatic N) is 1. The number of hydrogen-bond donors (Lipinski definition) is 1. The number of amides is 1. The molecule has 1 aromatic rings. The number of para-hydroxylation sites is 1. The van der Waals surface area contributed by atoms with Gasteiger partial charge in [-0.1, -0.05) is 24.6 Å². The second-order valence-corrected chi connectivity index (χ2v) is 5.37. The molecule has 1 atom stereocenters. The molecule has 0 aliphatic carbocycles. The number of carbonyl (C=O) groups excluding carboxylic acids is 1. The quantitative estimate of drug-likeness (QED) is 0.928. The molecule has 1 amide bonds. The van der Waals surface area contributed by atoms with Crippen LogP contribution >= 0.6 is 0 Å². The van der Waals surface area contributed by atoms with Crippen molar-refractivity contribution in [1.82, 2.24) is 10.2 Å². The number of alkyl halides is 3. The zero-order valence-corrected chi connectivity index (χ0v) is 12.3. The van der Waals surface area contributed by atoms with Crippen LogP contribution in [0.5, 0.6) is 5.75 Å². The standard InChI is InChI=1S/C15H19F3N2O2/c1-20-9-5-4-7-12(20)14(21)19-10-11-6-2-3-8-13(11)22-15(16,17)18/h2-3,6,8,12H,4-5,7,9-10H2,1H3,(H,19,21). The van der Waals surface area contributed by atoms with Crippen LogP contribution in [0.25, 0.3) is 0 Å². The van der Waals surface area contributed by atoms with E-state index in [0.717, 1.165) is 25.8 Å². The average Bonchev–Trinajstić information content (AvgIpc) is 2.45. The third kappa shape index (κ3) is 4.62. The number of ether oxygens (including phenoxy) is 1. The van der Waals surface area contributed by atoms with Gasteiger partial charge in [0.05, 0.1) is 6.04 Å². The lowest BCUT2D eigenvalue weighted by Crippen LogP contribution is -2.47. The van der Waals surface area contributed by atoms with Crippen molar-refractivity contribution in [3.05, 3.63) is 29.8 Å². The molecule has 0 bridgehead atoms. The monoisotopic (exact) mass is 316 g/mol. The molecule has 2 rings (SSSR count). The largest absolute Gasteiger partial charge is 0.573 e. The fraction of sp³-hybridized carbons (Fsp3) is 0.533. The molecule has 1 aromatic carbocycles. The zero-order chi connectivity index (χ0) is 16.2. The Kier molecular flexibility index (Phi) is 5.28. The zero-order valence-electron chi connectivity index (χ0n) is 12.3. The lowest BCUT2D eigenvalue weighted by Gasteiger charge is -2.31. The predicted molar refractivity (Wildman–Crippen MR) is 75.2 cm³/mol. The third-order valence-electron chi connectivity index (χ3n) is 3.72. The van der Waals surface area contributed by atoms with Gasteiger partial charge in [0.2, 0.25) is 5.91 Å². The van der Waals surface area contributed by atoms with Gasteiger partial charge in [-0.05, 0) is 32.5 Å². The van der Waals surface area contributed by atoms with Crippen LogP contribution in [0.4, 0.5) is 13.2 Å². The average molecular weight is 316 g/mol. The van der Waals surface area contributed by atoms with Crippen molar-refractivity contribution in [2.24, 2.45) is 0 Å². The smallest absolute Gasteiger partial charge is 0.405 e. The Hall–Kier alpha value is -1.76. The van der Waals surface area contributed by atoms with E-state index in [-0.39, 0.29) is 24.2 Å². The fourth-order valence-electron chi connectivity index (χ4n) is 2.58. The number of carbonyl (C=O) groups is 1. The Balaban J connectivity index is 1.98. The molecule has 4 nitrogen and oxygen atoms in total. The van der Waals surface area contributed by atoms with E-state index in [9.17, 15) is 18.0 Å². The minimum Gasteiger partial charge on any atom is -0.405 e. The number of likely N-dealkylation sites (tertiary alicyclic amines) is 1. The third-order valence-corrected chi connectivity index (χ3v) is 3.72. The van der Waals surface area contributed by atoms with Gasteiger partial charge in [-0.15, -0.1) is 13.2 Å². The molecule has 1 saturated heterocycles. The van der Waals surface area contributed by atoms with Gasteiger partial charge in [-0.2, -0.15) is 0 Å². The van der Waals surface area contributed by atoms with Crippen LogP contribution in [-0.2, 0) is 11.3 Å². The van der Waals surface area contributed by atoms with E-state index < -0.39 is 6.36 Å².